The molecule has 0 radical (unpaired) electrons. The van der Waals surface area contributed by atoms with E-state index in [4.69, 9.17) is 0 Å². The first kappa shape index (κ1) is 13.7. The average molecular weight is 294 g/mol. The van der Waals surface area contributed by atoms with Crippen LogP contribution in [0, 0.1) is 0 Å². The van der Waals surface area contributed by atoms with Crippen molar-refractivity contribution in [3.8, 4) is 0 Å². The van der Waals surface area contributed by atoms with E-state index in [0.717, 1.165) is 25.5 Å². The number of hydrogen-bond acceptors (Lipinski definition) is 4. The Morgan fingerprint density at radius 2 is 1.82 bits per heavy atom. The van der Waals surface area contributed by atoms with Gasteiger partial charge >= 0.3 is 0 Å². The van der Waals surface area contributed by atoms with Crippen molar-refractivity contribution in [2.45, 2.75) is 31.3 Å². The molecule has 2 aromatic rings. The van der Waals surface area contributed by atoms with E-state index in [2.05, 4.69) is 69.5 Å². The van der Waals surface area contributed by atoms with Gasteiger partial charge < -0.3 is 4.90 Å². The van der Waals surface area contributed by atoms with Crippen LogP contribution in [0.25, 0.3) is 0 Å². The van der Waals surface area contributed by atoms with Crippen molar-refractivity contribution in [3.63, 3.8) is 0 Å². The van der Waals surface area contributed by atoms with Crippen molar-refractivity contribution in [1.82, 2.24) is 15.1 Å². The van der Waals surface area contributed by atoms with Gasteiger partial charge in [-0.05, 0) is 37.6 Å². The number of likely N-dealkylation sites (N-methyl/N-ethyl adjacent to an activating group) is 1. The minimum atomic E-state index is 0.602. The zero-order chi connectivity index (χ0) is 14.9. The van der Waals surface area contributed by atoms with E-state index in [0.29, 0.717) is 12.0 Å². The fourth-order valence-electron chi connectivity index (χ4n) is 3.02. The second-order valence-corrected chi connectivity index (χ2v) is 6.55. The van der Waals surface area contributed by atoms with Gasteiger partial charge in [-0.1, -0.05) is 30.3 Å². The lowest BCUT2D eigenvalue weighted by molar-refractivity contribution is 0.196. The summed E-state index contributed by atoms with van der Waals surface area (Å²) >= 11 is 0. The molecule has 2 aliphatic rings. The topological polar surface area (TPSA) is 32.3 Å². The highest BCUT2D eigenvalue weighted by Crippen LogP contribution is 2.38. The lowest BCUT2D eigenvalue weighted by Gasteiger charge is -2.44. The number of benzene rings is 1. The van der Waals surface area contributed by atoms with E-state index in [-0.39, 0.29) is 0 Å². The molecular weight excluding hydrogens is 272 g/mol. The first-order valence-electron chi connectivity index (χ1n) is 8.12. The summed E-state index contributed by atoms with van der Waals surface area (Å²) in [6.07, 6.45) is 2.56. The molecule has 1 aliphatic heterocycles. The van der Waals surface area contributed by atoms with Crippen molar-refractivity contribution in [1.29, 1.82) is 0 Å². The molecule has 1 aliphatic carbocycles. The second kappa shape index (κ2) is 5.69. The van der Waals surface area contributed by atoms with Crippen LogP contribution in [0.2, 0.25) is 0 Å². The van der Waals surface area contributed by atoms with Gasteiger partial charge in [-0.2, -0.15) is 5.10 Å². The third kappa shape index (κ3) is 2.83. The maximum absolute atomic E-state index is 4.40. The number of aromatic nitrogens is 2. The lowest BCUT2D eigenvalue weighted by atomic mass is 10.1. The predicted molar refractivity (Wildman–Crippen MR) is 87.9 cm³/mol. The van der Waals surface area contributed by atoms with Crippen LogP contribution < -0.4 is 4.90 Å². The maximum atomic E-state index is 4.40. The molecule has 4 rings (SSSR count). The number of rotatable bonds is 5. The molecule has 2 fully saturated rings. The Morgan fingerprint density at radius 3 is 2.45 bits per heavy atom. The quantitative estimate of drug-likeness (QED) is 0.848. The molecule has 1 saturated carbocycles. The van der Waals surface area contributed by atoms with Crippen LogP contribution in [0.15, 0.2) is 42.5 Å². The van der Waals surface area contributed by atoms with E-state index in [1.54, 1.807) is 0 Å². The molecule has 1 aromatic carbocycles. The van der Waals surface area contributed by atoms with E-state index >= 15 is 0 Å². The molecule has 0 spiro atoms. The Labute approximate surface area is 131 Å². The summed E-state index contributed by atoms with van der Waals surface area (Å²) in [5.74, 6) is 1.71. The largest absolute Gasteiger partial charge is 0.352 e. The molecule has 0 N–H and O–H groups in total. The summed E-state index contributed by atoms with van der Waals surface area (Å²) in [6.45, 7) is 3.09. The van der Waals surface area contributed by atoms with Gasteiger partial charge in [-0.15, -0.1) is 5.10 Å². The van der Waals surface area contributed by atoms with E-state index in [9.17, 15) is 0 Å². The van der Waals surface area contributed by atoms with Gasteiger partial charge in [0, 0.05) is 31.6 Å². The maximum Gasteiger partial charge on any atom is 0.151 e. The van der Waals surface area contributed by atoms with Crippen LogP contribution in [-0.2, 0) is 6.54 Å². The molecule has 1 aromatic heterocycles. The molecule has 114 valence electrons. The standard InChI is InChI=1S/C18H22N4/c1-21(11-14-5-3-2-4-6-14)16-12-22(13-16)18-10-9-17(19-20-18)15-7-8-15/h2-6,9-10,15-16H,7-8,11-13H2,1H3. The molecule has 0 amide bonds. The monoisotopic (exact) mass is 294 g/mol. The van der Waals surface area contributed by atoms with Gasteiger partial charge in [0.2, 0.25) is 0 Å². The van der Waals surface area contributed by atoms with Gasteiger partial charge in [0.25, 0.3) is 0 Å². The Hall–Kier alpha value is -1.94. The van der Waals surface area contributed by atoms with E-state index in [1.807, 2.05) is 0 Å². The summed E-state index contributed by atoms with van der Waals surface area (Å²) in [7, 11) is 2.21. The van der Waals surface area contributed by atoms with Crippen LogP contribution in [0.3, 0.4) is 0 Å². The molecule has 4 heteroatoms. The van der Waals surface area contributed by atoms with Crippen molar-refractivity contribution in [2.24, 2.45) is 0 Å². The summed E-state index contributed by atoms with van der Waals surface area (Å²) in [6, 6.07) is 15.5. The molecule has 0 bridgehead atoms. The van der Waals surface area contributed by atoms with Gasteiger partial charge in [-0.25, -0.2) is 0 Å². The highest BCUT2D eigenvalue weighted by molar-refractivity contribution is 5.42. The number of anilines is 1. The molecule has 0 unspecified atom stereocenters. The van der Waals surface area contributed by atoms with Crippen molar-refractivity contribution in [3.05, 3.63) is 53.7 Å². The zero-order valence-electron chi connectivity index (χ0n) is 13.0. The molecule has 22 heavy (non-hydrogen) atoms. The van der Waals surface area contributed by atoms with Crippen LogP contribution >= 0.6 is 0 Å². The van der Waals surface area contributed by atoms with Crippen molar-refractivity contribution >= 4 is 5.82 Å². The average Bonchev–Trinajstić information content (AvgIpc) is 3.32. The molecule has 0 atom stereocenters. The van der Waals surface area contributed by atoms with Gasteiger partial charge in [0.1, 0.15) is 0 Å². The fourth-order valence-corrected chi connectivity index (χ4v) is 3.02. The third-order valence-corrected chi connectivity index (χ3v) is 4.75. The van der Waals surface area contributed by atoms with E-state index < -0.39 is 0 Å². The summed E-state index contributed by atoms with van der Waals surface area (Å²) in [5.41, 5.74) is 2.54. The van der Waals surface area contributed by atoms with Crippen LogP contribution in [0.4, 0.5) is 5.82 Å². The lowest BCUT2D eigenvalue weighted by Crippen LogP contribution is -2.58. The van der Waals surface area contributed by atoms with Gasteiger partial charge in [0.05, 0.1) is 5.69 Å². The summed E-state index contributed by atoms with van der Waals surface area (Å²) < 4.78 is 0. The van der Waals surface area contributed by atoms with Gasteiger partial charge in [0.15, 0.2) is 5.82 Å². The molecule has 4 nitrogen and oxygen atoms in total. The van der Waals surface area contributed by atoms with Crippen LogP contribution in [0.1, 0.15) is 30.0 Å². The summed E-state index contributed by atoms with van der Waals surface area (Å²) in [4.78, 5) is 4.74. The Balaban J connectivity index is 1.31. The molecule has 2 heterocycles. The highest BCUT2D eigenvalue weighted by atomic mass is 15.4. The van der Waals surface area contributed by atoms with E-state index in [1.165, 1.54) is 24.1 Å². The first-order chi connectivity index (χ1) is 10.8. The Kier molecular flexibility index (Phi) is 3.54. The highest BCUT2D eigenvalue weighted by Gasteiger charge is 2.31. The normalized spacial score (nSPS) is 18.5. The third-order valence-electron chi connectivity index (χ3n) is 4.75. The van der Waals surface area contributed by atoms with Gasteiger partial charge in [-0.3, -0.25) is 4.90 Å². The zero-order valence-corrected chi connectivity index (χ0v) is 13.0. The second-order valence-electron chi connectivity index (χ2n) is 6.55. The number of hydrogen-bond donors (Lipinski definition) is 0. The summed E-state index contributed by atoms with van der Waals surface area (Å²) in [5, 5.41) is 8.77. The predicted octanol–water partition coefficient (Wildman–Crippen LogP) is 2.67. The van der Waals surface area contributed by atoms with Crippen LogP contribution in [0.5, 0.6) is 0 Å². The Bertz CT molecular complexity index is 615. The Morgan fingerprint density at radius 1 is 1.05 bits per heavy atom. The SMILES string of the molecule is CN(Cc1ccccc1)C1CN(c2ccc(C3CC3)nn2)C1. The van der Waals surface area contributed by atoms with Crippen molar-refractivity contribution < 1.29 is 0 Å². The molecule has 1 saturated heterocycles. The fraction of sp³-hybridized carbons (Fsp3) is 0.444. The number of nitrogens with zero attached hydrogens (tertiary/aromatic N) is 4. The molecular formula is C18H22N4. The minimum Gasteiger partial charge on any atom is -0.352 e. The van der Waals surface area contributed by atoms with Crippen LogP contribution in [-0.4, -0.2) is 41.3 Å². The smallest absolute Gasteiger partial charge is 0.151 e. The first-order valence-corrected chi connectivity index (χ1v) is 8.12. The minimum absolute atomic E-state index is 0.602. The van der Waals surface area contributed by atoms with Crippen molar-refractivity contribution in [2.75, 3.05) is 25.0 Å².